The van der Waals surface area contributed by atoms with Crippen LogP contribution in [0, 0.1) is 11.7 Å². The lowest BCUT2D eigenvalue weighted by atomic mass is 9.83. The van der Waals surface area contributed by atoms with Crippen LogP contribution in [-0.4, -0.2) is 34.3 Å². The van der Waals surface area contributed by atoms with E-state index in [2.05, 4.69) is 15.0 Å². The Bertz CT molecular complexity index is 970. The molecule has 4 rings (SSSR count). The Balaban J connectivity index is 1.70. The fraction of sp³-hybridized carbons (Fsp3) is 0.333. The summed E-state index contributed by atoms with van der Waals surface area (Å²) in [4.78, 5) is 23.9. The van der Waals surface area contributed by atoms with Crippen LogP contribution in [-0.2, 0) is 16.7 Å². The molecule has 6 nitrogen and oxygen atoms in total. The predicted molar refractivity (Wildman–Crippen MR) is 93.8 cm³/mol. The van der Waals surface area contributed by atoms with Crippen LogP contribution in [0.5, 0.6) is 0 Å². The van der Waals surface area contributed by atoms with E-state index in [1.807, 2.05) is 0 Å². The largest absolute Gasteiger partial charge is 0.462 e. The van der Waals surface area contributed by atoms with Gasteiger partial charge in [-0.25, -0.2) is 28.1 Å². The third-order valence-corrected chi connectivity index (χ3v) is 5.13. The fourth-order valence-corrected chi connectivity index (χ4v) is 3.62. The quantitative estimate of drug-likeness (QED) is 0.765. The molecule has 1 unspecified atom stereocenters. The second kappa shape index (κ2) is 6.73. The van der Waals surface area contributed by atoms with Gasteiger partial charge >= 0.3 is 0 Å². The van der Waals surface area contributed by atoms with E-state index >= 15 is 0 Å². The van der Waals surface area contributed by atoms with Crippen LogP contribution in [0.1, 0.15) is 28.0 Å². The number of Topliss-reactive ketones (excluding diaryl/α,β-unsaturated/α-hetero) is 1. The number of hydrogen-bond donors (Lipinski definition) is 1. The SMILES string of the molecule is NC1=N[C@@](c2cc(CC(=O)c3cnc(Cl)cn3)ccc2F)(C(F)F)[C@H]2CC2O1. The molecule has 28 heavy (non-hydrogen) atoms. The molecule has 2 N–H and O–H groups in total. The second-order valence-electron chi connectivity index (χ2n) is 6.71. The van der Waals surface area contributed by atoms with Crippen molar-refractivity contribution in [2.24, 2.45) is 16.6 Å². The predicted octanol–water partition coefficient (Wildman–Crippen LogP) is 2.89. The van der Waals surface area contributed by atoms with Gasteiger partial charge in [-0.2, -0.15) is 0 Å². The first kappa shape index (κ1) is 18.7. The molecule has 0 spiro atoms. The van der Waals surface area contributed by atoms with Gasteiger partial charge in [0.1, 0.15) is 22.8 Å². The van der Waals surface area contributed by atoms with Crippen LogP contribution in [0.25, 0.3) is 0 Å². The molecule has 0 saturated heterocycles. The van der Waals surface area contributed by atoms with Crippen LogP contribution in [0.3, 0.4) is 0 Å². The molecule has 3 atom stereocenters. The lowest BCUT2D eigenvalue weighted by molar-refractivity contribution is 0.0176. The van der Waals surface area contributed by atoms with Crippen molar-refractivity contribution in [2.45, 2.75) is 30.9 Å². The smallest absolute Gasteiger partial charge is 0.283 e. The number of aromatic nitrogens is 2. The minimum absolute atomic E-state index is 0.0643. The number of hydrogen-bond acceptors (Lipinski definition) is 6. The van der Waals surface area contributed by atoms with Crippen molar-refractivity contribution in [1.82, 2.24) is 9.97 Å². The molecule has 10 heteroatoms. The highest BCUT2D eigenvalue weighted by molar-refractivity contribution is 6.29. The van der Waals surface area contributed by atoms with Crippen molar-refractivity contribution < 1.29 is 22.7 Å². The highest BCUT2D eigenvalue weighted by Crippen LogP contribution is 2.56. The summed E-state index contributed by atoms with van der Waals surface area (Å²) in [7, 11) is 0. The fourth-order valence-electron chi connectivity index (χ4n) is 3.52. The van der Waals surface area contributed by atoms with E-state index in [-0.39, 0.29) is 22.8 Å². The summed E-state index contributed by atoms with van der Waals surface area (Å²) in [6.45, 7) is 0. The van der Waals surface area contributed by atoms with Gasteiger partial charge in [-0.1, -0.05) is 17.7 Å². The zero-order valence-corrected chi connectivity index (χ0v) is 15.0. The van der Waals surface area contributed by atoms with Crippen LogP contribution in [0.4, 0.5) is 13.2 Å². The summed E-state index contributed by atoms with van der Waals surface area (Å²) < 4.78 is 48.0. The Labute approximate surface area is 162 Å². The number of benzene rings is 1. The average molecular weight is 411 g/mol. The maximum Gasteiger partial charge on any atom is 0.283 e. The average Bonchev–Trinajstić information content (AvgIpc) is 3.42. The van der Waals surface area contributed by atoms with Gasteiger partial charge in [0.15, 0.2) is 11.3 Å². The Hall–Kier alpha value is -2.68. The summed E-state index contributed by atoms with van der Waals surface area (Å²) in [5.41, 5.74) is 3.53. The van der Waals surface area contributed by atoms with Crippen LogP contribution >= 0.6 is 11.6 Å². The van der Waals surface area contributed by atoms with Crippen LogP contribution < -0.4 is 5.73 Å². The molecule has 146 valence electrons. The van der Waals surface area contributed by atoms with Crippen molar-refractivity contribution in [3.8, 4) is 0 Å². The first-order valence-electron chi connectivity index (χ1n) is 8.41. The number of amidine groups is 1. The van der Waals surface area contributed by atoms with E-state index in [1.165, 1.54) is 24.5 Å². The Morgan fingerprint density at radius 1 is 1.36 bits per heavy atom. The van der Waals surface area contributed by atoms with E-state index in [1.54, 1.807) is 0 Å². The van der Waals surface area contributed by atoms with Crippen LogP contribution in [0.15, 0.2) is 35.6 Å². The number of aliphatic imine (C=N–C) groups is 1. The number of rotatable bonds is 5. The first-order chi connectivity index (χ1) is 13.3. The topological polar surface area (TPSA) is 90.5 Å². The van der Waals surface area contributed by atoms with Crippen molar-refractivity contribution in [3.05, 3.63) is 58.4 Å². The van der Waals surface area contributed by atoms with E-state index in [4.69, 9.17) is 22.1 Å². The minimum Gasteiger partial charge on any atom is -0.462 e. The minimum atomic E-state index is -2.99. The maximum atomic E-state index is 14.6. The molecule has 1 fully saturated rings. The van der Waals surface area contributed by atoms with Crippen molar-refractivity contribution in [3.63, 3.8) is 0 Å². The van der Waals surface area contributed by atoms with Gasteiger partial charge in [0.2, 0.25) is 0 Å². The van der Waals surface area contributed by atoms with Gasteiger partial charge in [0.05, 0.1) is 12.4 Å². The van der Waals surface area contributed by atoms with Gasteiger partial charge in [-0.3, -0.25) is 4.79 Å². The second-order valence-corrected chi connectivity index (χ2v) is 7.10. The normalized spacial score (nSPS) is 25.7. The number of carbonyl (C=O) groups excluding carboxylic acids is 1. The summed E-state index contributed by atoms with van der Waals surface area (Å²) in [6, 6.07) is 3.25. The highest BCUT2D eigenvalue weighted by atomic mass is 35.5. The molecule has 2 aromatic rings. The molecule has 1 aromatic heterocycles. The molecule has 0 amide bonds. The van der Waals surface area contributed by atoms with E-state index in [0.717, 1.165) is 6.07 Å². The molecular formula is C18H14ClF3N4O2. The number of fused-ring (bicyclic) bond motifs is 1. The molecule has 1 aromatic carbocycles. The summed E-state index contributed by atoms with van der Waals surface area (Å²) in [5.74, 6) is -1.93. The first-order valence-corrected chi connectivity index (χ1v) is 8.79. The van der Waals surface area contributed by atoms with Gasteiger partial charge in [-0.05, 0) is 24.1 Å². The van der Waals surface area contributed by atoms with Gasteiger partial charge < -0.3 is 10.5 Å². The molecule has 0 bridgehead atoms. The Morgan fingerprint density at radius 2 is 2.14 bits per heavy atom. The number of ketones is 1. The summed E-state index contributed by atoms with van der Waals surface area (Å²) in [5, 5.41) is 0.133. The van der Waals surface area contributed by atoms with Gasteiger partial charge in [0.25, 0.3) is 12.4 Å². The zero-order chi connectivity index (χ0) is 20.1. The molecule has 2 heterocycles. The number of ether oxygens (including phenoxy) is 1. The third-order valence-electron chi connectivity index (χ3n) is 4.93. The van der Waals surface area contributed by atoms with E-state index in [0.29, 0.717) is 12.0 Å². The number of alkyl halides is 2. The standard InChI is InChI=1S/C18H14ClF3N4O2/c19-15-7-24-12(6-25-15)13(27)4-8-1-2-11(20)9(3-8)18(16(21)22)10-5-14(10)28-17(23)26-18/h1-3,6-7,10,14,16H,4-5H2,(H2,23,26)/t10-,14?,18+/m0/s1. The number of halogens is 4. The van der Waals surface area contributed by atoms with E-state index in [9.17, 15) is 18.0 Å². The Kier molecular flexibility index (Phi) is 4.49. The molecule has 1 aliphatic heterocycles. The molecule has 1 aliphatic carbocycles. The third kappa shape index (κ3) is 3.09. The molecule has 2 aliphatic rings. The summed E-state index contributed by atoms with van der Waals surface area (Å²) >= 11 is 5.64. The van der Waals surface area contributed by atoms with Gasteiger partial charge in [0, 0.05) is 17.9 Å². The highest BCUT2D eigenvalue weighted by Gasteiger charge is 2.64. The van der Waals surface area contributed by atoms with Crippen molar-refractivity contribution in [1.29, 1.82) is 0 Å². The lowest BCUT2D eigenvalue weighted by Gasteiger charge is -2.33. The number of nitrogens with zero attached hydrogens (tertiary/aromatic N) is 3. The van der Waals surface area contributed by atoms with Crippen LogP contribution in [0.2, 0.25) is 5.15 Å². The lowest BCUT2D eigenvalue weighted by Crippen LogP contribution is -2.43. The summed E-state index contributed by atoms with van der Waals surface area (Å²) in [6.07, 6.45) is -0.935. The van der Waals surface area contributed by atoms with Crippen molar-refractivity contribution >= 4 is 23.4 Å². The van der Waals surface area contributed by atoms with E-state index < -0.39 is 41.6 Å². The molecule has 0 radical (unpaired) electrons. The number of nitrogens with two attached hydrogens (primary N) is 1. The molecular weight excluding hydrogens is 397 g/mol. The maximum absolute atomic E-state index is 14.6. The monoisotopic (exact) mass is 410 g/mol. The van der Waals surface area contributed by atoms with Crippen molar-refractivity contribution in [2.75, 3.05) is 0 Å². The van der Waals surface area contributed by atoms with Gasteiger partial charge in [-0.15, -0.1) is 0 Å². The zero-order valence-electron chi connectivity index (χ0n) is 14.3. The number of carbonyl (C=O) groups is 1. The molecule has 1 saturated carbocycles. The Morgan fingerprint density at radius 3 is 2.82 bits per heavy atom.